The molecule has 0 radical (unpaired) electrons. The molecule has 1 amide bonds. The van der Waals surface area contributed by atoms with E-state index in [1.807, 2.05) is 20.8 Å². The van der Waals surface area contributed by atoms with Gasteiger partial charge in [-0.15, -0.1) is 0 Å². The smallest absolute Gasteiger partial charge is 0.407 e. The predicted octanol–water partition coefficient (Wildman–Crippen LogP) is 1.68. The lowest BCUT2D eigenvalue weighted by atomic mass is 9.83. The fourth-order valence-electron chi connectivity index (χ4n) is 3.34. The van der Waals surface area contributed by atoms with Gasteiger partial charge in [0.1, 0.15) is 6.10 Å². The third-order valence-corrected chi connectivity index (χ3v) is 4.98. The van der Waals surface area contributed by atoms with Gasteiger partial charge < -0.3 is 14.7 Å². The SMILES string of the molecule is CC(C)(C)C1OC2(CCN(C(=O)O)CC2)CC1OS(C)(=O)=O. The topological polar surface area (TPSA) is 93.1 Å². The quantitative estimate of drug-likeness (QED) is 0.772. The molecular weight excluding hydrogens is 310 g/mol. The lowest BCUT2D eigenvalue weighted by Gasteiger charge is -2.39. The molecule has 0 bridgehead atoms. The Hall–Kier alpha value is -0.860. The van der Waals surface area contributed by atoms with Crippen LogP contribution in [-0.2, 0) is 19.0 Å². The molecule has 0 aliphatic carbocycles. The van der Waals surface area contributed by atoms with Crippen molar-refractivity contribution in [2.45, 2.75) is 57.8 Å². The zero-order valence-electron chi connectivity index (χ0n) is 13.5. The number of nitrogens with zero attached hydrogens (tertiary/aromatic N) is 1. The van der Waals surface area contributed by atoms with E-state index in [1.165, 1.54) is 4.90 Å². The van der Waals surface area contributed by atoms with Gasteiger partial charge in [-0.3, -0.25) is 4.18 Å². The van der Waals surface area contributed by atoms with Crippen molar-refractivity contribution in [2.75, 3.05) is 19.3 Å². The van der Waals surface area contributed by atoms with Crippen molar-refractivity contribution in [3.63, 3.8) is 0 Å². The van der Waals surface area contributed by atoms with Gasteiger partial charge >= 0.3 is 6.09 Å². The average molecular weight is 335 g/mol. The van der Waals surface area contributed by atoms with Gasteiger partial charge in [0, 0.05) is 19.5 Å². The molecule has 0 aromatic heterocycles. The summed E-state index contributed by atoms with van der Waals surface area (Å²) in [6, 6.07) is 0. The average Bonchev–Trinajstić information content (AvgIpc) is 2.65. The molecule has 2 aliphatic heterocycles. The summed E-state index contributed by atoms with van der Waals surface area (Å²) >= 11 is 0. The van der Waals surface area contributed by atoms with Gasteiger partial charge in [-0.25, -0.2) is 4.79 Å². The van der Waals surface area contributed by atoms with Crippen molar-refractivity contribution in [3.05, 3.63) is 0 Å². The molecule has 2 saturated heterocycles. The van der Waals surface area contributed by atoms with E-state index in [0.717, 1.165) is 6.26 Å². The fourth-order valence-corrected chi connectivity index (χ4v) is 3.96. The zero-order chi connectivity index (χ0) is 16.8. The van der Waals surface area contributed by atoms with Gasteiger partial charge in [0.05, 0.1) is 18.0 Å². The van der Waals surface area contributed by atoms with E-state index in [9.17, 15) is 13.2 Å². The third kappa shape index (κ3) is 3.91. The van der Waals surface area contributed by atoms with Crippen molar-refractivity contribution < 1.29 is 27.2 Å². The maximum Gasteiger partial charge on any atom is 0.407 e. The van der Waals surface area contributed by atoms with Crippen LogP contribution in [0.2, 0.25) is 0 Å². The Morgan fingerprint density at radius 1 is 1.32 bits per heavy atom. The second-order valence-corrected chi connectivity index (χ2v) is 9.00. The molecule has 2 aliphatic rings. The summed E-state index contributed by atoms with van der Waals surface area (Å²) in [6.45, 7) is 6.76. The Kier molecular flexibility index (Phi) is 4.49. The lowest BCUT2D eigenvalue weighted by molar-refractivity contribution is -0.113. The Morgan fingerprint density at radius 3 is 2.27 bits per heavy atom. The summed E-state index contributed by atoms with van der Waals surface area (Å²) in [5.74, 6) is 0. The molecule has 22 heavy (non-hydrogen) atoms. The van der Waals surface area contributed by atoms with Crippen molar-refractivity contribution in [3.8, 4) is 0 Å². The highest BCUT2D eigenvalue weighted by atomic mass is 32.2. The number of rotatable bonds is 2. The van der Waals surface area contributed by atoms with Crippen LogP contribution < -0.4 is 0 Å². The molecule has 2 fully saturated rings. The van der Waals surface area contributed by atoms with Gasteiger partial charge in [-0.1, -0.05) is 20.8 Å². The Labute approximate surface area is 131 Å². The second kappa shape index (κ2) is 5.65. The largest absolute Gasteiger partial charge is 0.465 e. The van der Waals surface area contributed by atoms with Crippen LogP contribution in [-0.4, -0.2) is 61.7 Å². The number of likely N-dealkylation sites (tertiary alicyclic amines) is 1. The Balaban J connectivity index is 2.15. The molecule has 0 saturated carbocycles. The van der Waals surface area contributed by atoms with Crippen LogP contribution in [0.1, 0.15) is 40.0 Å². The van der Waals surface area contributed by atoms with Crippen LogP contribution in [0, 0.1) is 5.41 Å². The lowest BCUT2D eigenvalue weighted by Crippen LogP contribution is -2.46. The minimum Gasteiger partial charge on any atom is -0.465 e. The maximum absolute atomic E-state index is 11.5. The van der Waals surface area contributed by atoms with Crippen LogP contribution in [0.5, 0.6) is 0 Å². The summed E-state index contributed by atoms with van der Waals surface area (Å²) in [5, 5.41) is 9.04. The summed E-state index contributed by atoms with van der Waals surface area (Å²) < 4.78 is 34.5. The highest BCUT2D eigenvalue weighted by Gasteiger charge is 2.53. The number of carboxylic acid groups (broad SMARTS) is 1. The molecule has 128 valence electrons. The zero-order valence-corrected chi connectivity index (χ0v) is 14.4. The van der Waals surface area contributed by atoms with E-state index in [0.29, 0.717) is 32.4 Å². The number of ether oxygens (including phenoxy) is 1. The van der Waals surface area contributed by atoms with E-state index < -0.39 is 27.9 Å². The van der Waals surface area contributed by atoms with Crippen molar-refractivity contribution in [1.29, 1.82) is 0 Å². The van der Waals surface area contributed by atoms with Crippen molar-refractivity contribution in [1.82, 2.24) is 4.90 Å². The minimum atomic E-state index is -3.56. The molecule has 8 heteroatoms. The molecular formula is C14H25NO6S. The second-order valence-electron chi connectivity index (χ2n) is 7.40. The molecule has 2 atom stereocenters. The molecule has 7 nitrogen and oxygen atoms in total. The number of amides is 1. The van der Waals surface area contributed by atoms with E-state index in [2.05, 4.69) is 0 Å². The molecule has 1 N–H and O–H groups in total. The summed E-state index contributed by atoms with van der Waals surface area (Å²) in [6.07, 6.45) is 0.875. The van der Waals surface area contributed by atoms with Crippen molar-refractivity contribution in [2.24, 2.45) is 5.41 Å². The monoisotopic (exact) mass is 335 g/mol. The van der Waals surface area contributed by atoms with Crippen LogP contribution in [0.3, 0.4) is 0 Å². The first kappa shape index (κ1) is 17.5. The number of piperidine rings is 1. The highest BCUT2D eigenvalue weighted by molar-refractivity contribution is 7.86. The Bertz CT molecular complexity index is 530. The first-order valence-corrected chi connectivity index (χ1v) is 9.27. The van der Waals surface area contributed by atoms with Gasteiger partial charge in [0.25, 0.3) is 10.1 Å². The summed E-state index contributed by atoms with van der Waals surface area (Å²) in [7, 11) is -3.56. The van der Waals surface area contributed by atoms with E-state index in [1.54, 1.807) is 0 Å². The van der Waals surface area contributed by atoms with Gasteiger partial charge in [0.2, 0.25) is 0 Å². The molecule has 2 heterocycles. The minimum absolute atomic E-state index is 0.261. The van der Waals surface area contributed by atoms with Gasteiger partial charge in [0.15, 0.2) is 0 Å². The molecule has 2 unspecified atom stereocenters. The predicted molar refractivity (Wildman–Crippen MR) is 80.2 cm³/mol. The normalized spacial score (nSPS) is 29.0. The standard InChI is InChI=1S/C14H25NO6S/c1-13(2,3)11-10(21-22(4,18)19)9-14(20-11)5-7-15(8-6-14)12(16)17/h10-11H,5-9H2,1-4H3,(H,16,17). The maximum atomic E-state index is 11.5. The Morgan fingerprint density at radius 2 is 1.86 bits per heavy atom. The van der Waals surface area contributed by atoms with E-state index >= 15 is 0 Å². The van der Waals surface area contributed by atoms with Gasteiger partial charge in [-0.2, -0.15) is 8.42 Å². The summed E-state index contributed by atoms with van der Waals surface area (Å²) in [4.78, 5) is 12.4. The number of carbonyl (C=O) groups is 1. The van der Waals surface area contributed by atoms with Crippen LogP contribution in [0.15, 0.2) is 0 Å². The summed E-state index contributed by atoms with van der Waals surface area (Å²) in [5.41, 5.74) is -0.748. The molecule has 0 aromatic rings. The van der Waals surface area contributed by atoms with Crippen LogP contribution >= 0.6 is 0 Å². The number of hydrogen-bond donors (Lipinski definition) is 1. The first-order chi connectivity index (χ1) is 9.92. The van der Waals surface area contributed by atoms with Crippen molar-refractivity contribution >= 4 is 16.2 Å². The third-order valence-electron chi connectivity index (χ3n) is 4.38. The fraction of sp³-hybridized carbons (Fsp3) is 0.929. The van der Waals surface area contributed by atoms with Gasteiger partial charge in [-0.05, 0) is 18.3 Å². The van der Waals surface area contributed by atoms with Crippen LogP contribution in [0.4, 0.5) is 4.79 Å². The highest BCUT2D eigenvalue weighted by Crippen LogP contribution is 2.45. The molecule has 2 rings (SSSR count). The van der Waals surface area contributed by atoms with E-state index in [-0.39, 0.29) is 11.5 Å². The molecule has 1 spiro atoms. The van der Waals surface area contributed by atoms with Crippen LogP contribution in [0.25, 0.3) is 0 Å². The molecule has 0 aromatic carbocycles. The number of hydrogen-bond acceptors (Lipinski definition) is 5. The van der Waals surface area contributed by atoms with E-state index in [4.69, 9.17) is 14.0 Å². The first-order valence-electron chi connectivity index (χ1n) is 7.46.